The van der Waals surface area contributed by atoms with E-state index in [1.54, 1.807) is 24.3 Å². The molecule has 0 saturated carbocycles. The highest BCUT2D eigenvalue weighted by atomic mass is 35.5. The van der Waals surface area contributed by atoms with Crippen molar-refractivity contribution in [2.75, 3.05) is 20.3 Å². The quantitative estimate of drug-likeness (QED) is 0.596. The van der Waals surface area contributed by atoms with Gasteiger partial charge in [-0.2, -0.15) is 0 Å². The second-order valence-electron chi connectivity index (χ2n) is 7.77. The molecule has 1 unspecified atom stereocenters. The Morgan fingerprint density at radius 3 is 2.57 bits per heavy atom. The molecule has 0 spiro atoms. The molecule has 3 rings (SSSR count). The Labute approximate surface area is 169 Å². The van der Waals surface area contributed by atoms with Gasteiger partial charge in [0.2, 0.25) is 5.88 Å². The molecule has 1 atom stereocenters. The number of carbonyl (C=O) groups is 2. The fourth-order valence-corrected chi connectivity index (χ4v) is 3.79. The Bertz CT molecular complexity index is 854. The third-order valence-electron chi connectivity index (χ3n) is 4.90. The summed E-state index contributed by atoms with van der Waals surface area (Å²) in [5.41, 5.74) is 7.23. The van der Waals surface area contributed by atoms with E-state index in [-0.39, 0.29) is 35.9 Å². The first kappa shape index (κ1) is 20.4. The number of methoxy groups -OCH3 is 1. The third-order valence-corrected chi connectivity index (χ3v) is 5.15. The second kappa shape index (κ2) is 7.97. The molecule has 1 heterocycles. The van der Waals surface area contributed by atoms with Crippen molar-refractivity contribution in [2.24, 2.45) is 11.1 Å². The Balaban J connectivity index is 2.07. The third kappa shape index (κ3) is 4.08. The van der Waals surface area contributed by atoms with Crippen LogP contribution in [0.3, 0.4) is 0 Å². The van der Waals surface area contributed by atoms with Crippen LogP contribution in [0, 0.1) is 5.41 Å². The molecule has 0 amide bonds. The highest BCUT2D eigenvalue weighted by molar-refractivity contribution is 6.30. The number of allylic oxidation sites excluding steroid dienone is 2. The van der Waals surface area contributed by atoms with Crippen LogP contribution in [0.5, 0.6) is 0 Å². The number of benzene rings is 1. The predicted octanol–water partition coefficient (Wildman–Crippen LogP) is 3.46. The summed E-state index contributed by atoms with van der Waals surface area (Å²) in [6.07, 6.45) is 0.927. The summed E-state index contributed by atoms with van der Waals surface area (Å²) in [6, 6.07) is 7.00. The van der Waals surface area contributed by atoms with Gasteiger partial charge in [-0.05, 0) is 23.1 Å². The van der Waals surface area contributed by atoms with E-state index in [2.05, 4.69) is 0 Å². The number of hydrogen-bond donors (Lipinski definition) is 1. The summed E-state index contributed by atoms with van der Waals surface area (Å²) < 4.78 is 16.0. The van der Waals surface area contributed by atoms with Crippen LogP contribution in [0.2, 0.25) is 5.02 Å². The minimum atomic E-state index is -0.653. The highest BCUT2D eigenvalue weighted by Crippen LogP contribution is 2.48. The van der Waals surface area contributed by atoms with E-state index in [9.17, 15) is 9.59 Å². The number of hydrogen-bond acceptors (Lipinski definition) is 6. The molecule has 7 heteroatoms. The molecule has 2 N–H and O–H groups in total. The van der Waals surface area contributed by atoms with Crippen LogP contribution < -0.4 is 5.73 Å². The lowest BCUT2D eigenvalue weighted by Crippen LogP contribution is -2.35. The maximum absolute atomic E-state index is 13.0. The summed E-state index contributed by atoms with van der Waals surface area (Å²) in [5, 5.41) is 0.558. The molecule has 1 aromatic carbocycles. The Hall–Kier alpha value is -2.31. The number of esters is 1. The molecule has 6 nitrogen and oxygen atoms in total. The zero-order valence-electron chi connectivity index (χ0n) is 16.2. The lowest BCUT2D eigenvalue weighted by molar-refractivity contribution is -0.140. The van der Waals surface area contributed by atoms with Crippen molar-refractivity contribution >= 4 is 23.4 Å². The van der Waals surface area contributed by atoms with Crippen molar-refractivity contribution in [1.82, 2.24) is 0 Å². The molecule has 1 aliphatic heterocycles. The lowest BCUT2D eigenvalue weighted by atomic mass is 9.70. The average Bonchev–Trinajstić information content (AvgIpc) is 2.60. The van der Waals surface area contributed by atoms with Gasteiger partial charge in [-0.25, -0.2) is 4.79 Å². The molecule has 0 saturated heterocycles. The smallest absolute Gasteiger partial charge is 0.340 e. The van der Waals surface area contributed by atoms with Gasteiger partial charge in [-0.1, -0.05) is 37.6 Å². The van der Waals surface area contributed by atoms with Crippen molar-refractivity contribution in [2.45, 2.75) is 32.6 Å². The van der Waals surface area contributed by atoms with Crippen molar-refractivity contribution in [3.05, 3.63) is 57.6 Å². The Morgan fingerprint density at radius 1 is 1.25 bits per heavy atom. The highest BCUT2D eigenvalue weighted by Gasteiger charge is 2.45. The van der Waals surface area contributed by atoms with Crippen molar-refractivity contribution in [1.29, 1.82) is 0 Å². The first-order chi connectivity index (χ1) is 13.2. The largest absolute Gasteiger partial charge is 0.460 e. The van der Waals surface area contributed by atoms with Gasteiger partial charge in [-0.3, -0.25) is 4.79 Å². The molecule has 1 aromatic rings. The van der Waals surface area contributed by atoms with Crippen LogP contribution in [0.1, 0.15) is 38.2 Å². The summed E-state index contributed by atoms with van der Waals surface area (Å²) in [6.45, 7) is 4.34. The topological polar surface area (TPSA) is 87.8 Å². The Kier molecular flexibility index (Phi) is 5.82. The van der Waals surface area contributed by atoms with Gasteiger partial charge in [-0.15, -0.1) is 0 Å². The summed E-state index contributed by atoms with van der Waals surface area (Å²) in [5.74, 6) is -0.849. The van der Waals surface area contributed by atoms with Crippen molar-refractivity contribution in [3.63, 3.8) is 0 Å². The van der Waals surface area contributed by atoms with E-state index in [0.717, 1.165) is 5.56 Å². The minimum Gasteiger partial charge on any atom is -0.460 e. The molecule has 28 heavy (non-hydrogen) atoms. The van der Waals surface area contributed by atoms with Gasteiger partial charge in [0.25, 0.3) is 0 Å². The van der Waals surface area contributed by atoms with E-state index in [4.69, 9.17) is 31.5 Å². The maximum atomic E-state index is 13.0. The zero-order valence-corrected chi connectivity index (χ0v) is 17.0. The van der Waals surface area contributed by atoms with Crippen LogP contribution in [0.4, 0.5) is 0 Å². The fourth-order valence-electron chi connectivity index (χ4n) is 3.67. The van der Waals surface area contributed by atoms with Gasteiger partial charge in [0.15, 0.2) is 5.78 Å². The van der Waals surface area contributed by atoms with Crippen LogP contribution in [-0.2, 0) is 23.8 Å². The number of Topliss-reactive ketones (excluding diaryl/α,β-unsaturated/α-hetero) is 1. The molecule has 0 fully saturated rings. The van der Waals surface area contributed by atoms with Crippen LogP contribution >= 0.6 is 11.6 Å². The molecule has 2 aliphatic rings. The zero-order chi connectivity index (χ0) is 20.5. The molecular weight excluding hydrogens is 382 g/mol. The standard InChI is InChI=1S/C21H24ClNO5/c1-21(2)10-14(24)17-15(11-21)28-19(23)18(20(25)27-9-8-26-3)16(17)12-4-6-13(22)7-5-12/h4-7,16H,8-11,23H2,1-3H3. The van der Waals surface area contributed by atoms with Crippen molar-refractivity contribution < 1.29 is 23.8 Å². The van der Waals surface area contributed by atoms with E-state index < -0.39 is 11.9 Å². The van der Waals surface area contributed by atoms with E-state index in [1.165, 1.54) is 7.11 Å². The van der Waals surface area contributed by atoms with Crippen LogP contribution in [0.15, 0.2) is 47.1 Å². The van der Waals surface area contributed by atoms with Crippen LogP contribution in [-0.4, -0.2) is 32.1 Å². The SMILES string of the molecule is COCCOC(=O)C1=C(N)OC2=C(C(=O)CC(C)(C)C2)C1c1ccc(Cl)cc1. The number of rotatable bonds is 5. The van der Waals surface area contributed by atoms with E-state index in [1.807, 2.05) is 13.8 Å². The molecule has 0 radical (unpaired) electrons. The second-order valence-corrected chi connectivity index (χ2v) is 8.21. The van der Waals surface area contributed by atoms with Gasteiger partial charge in [0, 0.05) is 30.5 Å². The van der Waals surface area contributed by atoms with Gasteiger partial charge >= 0.3 is 5.97 Å². The number of ether oxygens (including phenoxy) is 3. The first-order valence-corrected chi connectivity index (χ1v) is 9.46. The number of carbonyl (C=O) groups excluding carboxylic acids is 2. The lowest BCUT2D eigenvalue weighted by Gasteiger charge is -2.38. The fraction of sp³-hybridized carbons (Fsp3) is 0.429. The first-order valence-electron chi connectivity index (χ1n) is 9.09. The summed E-state index contributed by atoms with van der Waals surface area (Å²) in [7, 11) is 1.52. The van der Waals surface area contributed by atoms with E-state index in [0.29, 0.717) is 29.2 Å². The van der Waals surface area contributed by atoms with Crippen molar-refractivity contribution in [3.8, 4) is 0 Å². The van der Waals surface area contributed by atoms with E-state index >= 15 is 0 Å². The summed E-state index contributed by atoms with van der Waals surface area (Å²) >= 11 is 6.02. The molecule has 0 bridgehead atoms. The minimum absolute atomic E-state index is 0.0355. The molecule has 150 valence electrons. The summed E-state index contributed by atoms with van der Waals surface area (Å²) in [4.78, 5) is 25.8. The van der Waals surface area contributed by atoms with Gasteiger partial charge < -0.3 is 19.9 Å². The Morgan fingerprint density at radius 2 is 1.93 bits per heavy atom. The number of nitrogens with two attached hydrogens (primary N) is 1. The normalized spacial score (nSPS) is 21.3. The molecule has 0 aromatic heterocycles. The number of halogens is 1. The van der Waals surface area contributed by atoms with Crippen LogP contribution in [0.25, 0.3) is 0 Å². The van der Waals surface area contributed by atoms with Gasteiger partial charge in [0.05, 0.1) is 12.5 Å². The monoisotopic (exact) mass is 405 g/mol. The maximum Gasteiger partial charge on any atom is 0.340 e. The van der Waals surface area contributed by atoms with Gasteiger partial charge in [0.1, 0.15) is 17.9 Å². The number of ketones is 1. The molecule has 1 aliphatic carbocycles. The molecular formula is C21H24ClNO5. The average molecular weight is 406 g/mol. The predicted molar refractivity (Wildman–Crippen MR) is 104 cm³/mol.